The fraction of sp³-hybridized carbons (Fsp3) is 0.545. The smallest absolute Gasteiger partial charge is 0.224 e. The zero-order valence-corrected chi connectivity index (χ0v) is 11.2. The molecule has 1 aromatic heterocycles. The van der Waals surface area contributed by atoms with Crippen LogP contribution < -0.4 is 5.32 Å². The second-order valence-electron chi connectivity index (χ2n) is 3.45. The summed E-state index contributed by atoms with van der Waals surface area (Å²) in [5.74, 6) is 0.115. The molecular weight excluding hydrogens is 274 g/mol. The Labute approximate surface area is 103 Å². The van der Waals surface area contributed by atoms with Gasteiger partial charge in [-0.3, -0.25) is 4.79 Å². The minimum atomic E-state index is 0.115. The quantitative estimate of drug-likeness (QED) is 0.802. The molecule has 1 N–H and O–H groups in total. The van der Waals surface area contributed by atoms with Crippen LogP contribution in [0.4, 0.5) is 0 Å². The van der Waals surface area contributed by atoms with E-state index in [-0.39, 0.29) is 5.91 Å². The van der Waals surface area contributed by atoms with Gasteiger partial charge in [-0.2, -0.15) is 11.3 Å². The van der Waals surface area contributed by atoms with Gasteiger partial charge in [-0.25, -0.2) is 0 Å². The van der Waals surface area contributed by atoms with E-state index in [1.807, 2.05) is 16.8 Å². The molecule has 4 heteroatoms. The van der Waals surface area contributed by atoms with Gasteiger partial charge in [0.15, 0.2) is 0 Å². The highest BCUT2D eigenvalue weighted by Crippen LogP contribution is 2.08. The molecule has 1 atom stereocenters. The van der Waals surface area contributed by atoms with Gasteiger partial charge in [0.2, 0.25) is 5.91 Å². The Morgan fingerprint density at radius 3 is 3.07 bits per heavy atom. The van der Waals surface area contributed by atoms with Crippen LogP contribution >= 0.6 is 27.3 Å². The molecule has 1 rings (SSSR count). The van der Waals surface area contributed by atoms with Crippen molar-refractivity contribution in [3.05, 3.63) is 22.4 Å². The van der Waals surface area contributed by atoms with Crippen LogP contribution in [0.15, 0.2) is 16.8 Å². The number of hydrogen-bond acceptors (Lipinski definition) is 2. The number of nitrogens with one attached hydrogen (secondary N) is 1. The number of amides is 1. The average molecular weight is 290 g/mol. The number of thiophene rings is 1. The van der Waals surface area contributed by atoms with E-state index in [4.69, 9.17) is 0 Å². The molecule has 0 spiro atoms. The van der Waals surface area contributed by atoms with Crippen molar-refractivity contribution in [2.75, 3.05) is 6.54 Å². The normalized spacial score (nSPS) is 12.4. The maximum Gasteiger partial charge on any atom is 0.224 e. The van der Waals surface area contributed by atoms with Gasteiger partial charge in [-0.05, 0) is 35.2 Å². The van der Waals surface area contributed by atoms with Crippen LogP contribution in [0.25, 0.3) is 0 Å². The summed E-state index contributed by atoms with van der Waals surface area (Å²) in [6.07, 6.45) is 2.59. The monoisotopic (exact) mass is 289 g/mol. The molecule has 0 fully saturated rings. The first-order valence-electron chi connectivity index (χ1n) is 5.14. The van der Waals surface area contributed by atoms with E-state index in [9.17, 15) is 4.79 Å². The summed E-state index contributed by atoms with van der Waals surface area (Å²) in [5, 5.41) is 6.93. The van der Waals surface area contributed by atoms with Crippen molar-refractivity contribution < 1.29 is 4.79 Å². The summed E-state index contributed by atoms with van der Waals surface area (Å²) >= 11 is 5.16. The summed E-state index contributed by atoms with van der Waals surface area (Å²) in [6.45, 7) is 2.89. The molecule has 1 amide bonds. The molecule has 0 aliphatic rings. The van der Waals surface area contributed by atoms with Crippen LogP contribution in [0.3, 0.4) is 0 Å². The number of rotatable bonds is 6. The Morgan fingerprint density at radius 1 is 1.67 bits per heavy atom. The molecular formula is C11H16BrNOS. The Kier molecular flexibility index (Phi) is 5.95. The van der Waals surface area contributed by atoms with Crippen molar-refractivity contribution in [3.8, 4) is 0 Å². The van der Waals surface area contributed by atoms with Crippen molar-refractivity contribution >= 4 is 33.2 Å². The van der Waals surface area contributed by atoms with Gasteiger partial charge in [-0.1, -0.05) is 22.9 Å². The third-order valence-corrected chi connectivity index (χ3v) is 4.00. The van der Waals surface area contributed by atoms with E-state index in [0.717, 1.165) is 24.9 Å². The highest BCUT2D eigenvalue weighted by atomic mass is 79.9. The molecule has 2 nitrogen and oxygen atoms in total. The summed E-state index contributed by atoms with van der Waals surface area (Å²) in [7, 11) is 0. The molecule has 0 bridgehead atoms. The number of carbonyl (C=O) groups is 1. The number of carbonyl (C=O) groups excluding carboxylic acids is 1. The predicted molar refractivity (Wildman–Crippen MR) is 68.7 cm³/mol. The van der Waals surface area contributed by atoms with Crippen molar-refractivity contribution in [3.63, 3.8) is 0 Å². The highest BCUT2D eigenvalue weighted by Gasteiger charge is 2.04. The van der Waals surface area contributed by atoms with Gasteiger partial charge in [0, 0.05) is 11.4 Å². The van der Waals surface area contributed by atoms with Crippen molar-refractivity contribution in [2.24, 2.45) is 0 Å². The van der Waals surface area contributed by atoms with Gasteiger partial charge < -0.3 is 5.32 Å². The lowest BCUT2D eigenvalue weighted by molar-refractivity contribution is -0.120. The Hall–Kier alpha value is -0.350. The first kappa shape index (κ1) is 12.7. The van der Waals surface area contributed by atoms with Gasteiger partial charge in [0.05, 0.1) is 6.42 Å². The van der Waals surface area contributed by atoms with Gasteiger partial charge in [0.1, 0.15) is 0 Å². The van der Waals surface area contributed by atoms with E-state index in [1.54, 1.807) is 11.3 Å². The van der Waals surface area contributed by atoms with Crippen LogP contribution in [0.5, 0.6) is 0 Å². The molecule has 0 radical (unpaired) electrons. The highest BCUT2D eigenvalue weighted by molar-refractivity contribution is 9.09. The third-order valence-electron chi connectivity index (χ3n) is 2.17. The van der Waals surface area contributed by atoms with Crippen molar-refractivity contribution in [2.45, 2.75) is 31.0 Å². The van der Waals surface area contributed by atoms with E-state index >= 15 is 0 Å². The zero-order chi connectivity index (χ0) is 11.1. The van der Waals surface area contributed by atoms with Gasteiger partial charge in [-0.15, -0.1) is 0 Å². The molecule has 0 aliphatic heterocycles. The average Bonchev–Trinajstić information content (AvgIpc) is 2.70. The summed E-state index contributed by atoms with van der Waals surface area (Å²) < 4.78 is 0. The third kappa shape index (κ3) is 5.33. The van der Waals surface area contributed by atoms with Crippen LogP contribution in [0, 0.1) is 0 Å². The minimum Gasteiger partial charge on any atom is -0.356 e. The van der Waals surface area contributed by atoms with Crippen LogP contribution in [0.2, 0.25) is 0 Å². The fourth-order valence-electron chi connectivity index (χ4n) is 1.21. The molecule has 0 aliphatic carbocycles. The second kappa shape index (κ2) is 7.01. The summed E-state index contributed by atoms with van der Waals surface area (Å²) in [5.41, 5.74) is 1.10. The Morgan fingerprint density at radius 2 is 2.47 bits per heavy atom. The first-order valence-corrected chi connectivity index (χ1v) is 7.00. The van der Waals surface area contributed by atoms with Crippen LogP contribution in [-0.2, 0) is 11.2 Å². The largest absolute Gasteiger partial charge is 0.356 e. The van der Waals surface area contributed by atoms with E-state index < -0.39 is 0 Å². The number of alkyl halides is 1. The maximum absolute atomic E-state index is 11.5. The zero-order valence-electron chi connectivity index (χ0n) is 8.83. The van der Waals surface area contributed by atoms with Crippen molar-refractivity contribution in [1.29, 1.82) is 0 Å². The lowest BCUT2D eigenvalue weighted by Crippen LogP contribution is -2.27. The number of hydrogen-bond donors (Lipinski definition) is 1. The molecule has 0 saturated carbocycles. The Balaban J connectivity index is 2.14. The van der Waals surface area contributed by atoms with E-state index in [1.165, 1.54) is 0 Å². The maximum atomic E-state index is 11.5. The SMILES string of the molecule is CCC(Br)CCNC(=O)Cc1ccsc1. The van der Waals surface area contributed by atoms with Crippen LogP contribution in [-0.4, -0.2) is 17.3 Å². The Bertz CT molecular complexity index is 287. The topological polar surface area (TPSA) is 29.1 Å². The first-order chi connectivity index (χ1) is 7.22. The van der Waals surface area contributed by atoms with E-state index in [0.29, 0.717) is 11.2 Å². The molecule has 1 heterocycles. The minimum absolute atomic E-state index is 0.115. The standard InChI is InChI=1S/C11H16BrNOS/c1-2-10(12)3-5-13-11(14)7-9-4-6-15-8-9/h4,6,8,10H,2-3,5,7H2,1H3,(H,13,14). The molecule has 0 aromatic carbocycles. The summed E-state index contributed by atoms with van der Waals surface area (Å²) in [4.78, 5) is 12.0. The van der Waals surface area contributed by atoms with E-state index in [2.05, 4.69) is 28.2 Å². The molecule has 1 unspecified atom stereocenters. The molecule has 15 heavy (non-hydrogen) atoms. The second-order valence-corrected chi connectivity index (χ2v) is 5.53. The van der Waals surface area contributed by atoms with Gasteiger partial charge >= 0.3 is 0 Å². The molecule has 84 valence electrons. The van der Waals surface area contributed by atoms with Crippen LogP contribution in [0.1, 0.15) is 25.3 Å². The lowest BCUT2D eigenvalue weighted by Gasteiger charge is -2.07. The molecule has 0 saturated heterocycles. The molecule has 1 aromatic rings. The fourth-order valence-corrected chi connectivity index (χ4v) is 2.11. The van der Waals surface area contributed by atoms with Crippen molar-refractivity contribution in [1.82, 2.24) is 5.32 Å². The lowest BCUT2D eigenvalue weighted by atomic mass is 10.2. The van der Waals surface area contributed by atoms with Gasteiger partial charge in [0.25, 0.3) is 0 Å². The summed E-state index contributed by atoms with van der Waals surface area (Å²) in [6, 6.07) is 1.99. The predicted octanol–water partition coefficient (Wildman–Crippen LogP) is 2.97. The number of halogens is 1.